The Hall–Kier alpha value is -1.33. The fourth-order valence-electron chi connectivity index (χ4n) is 1.21. The molecule has 0 amide bonds. The van der Waals surface area contributed by atoms with Crippen molar-refractivity contribution < 1.29 is 4.39 Å². The van der Waals surface area contributed by atoms with E-state index in [1.165, 1.54) is 23.5 Å². The van der Waals surface area contributed by atoms with Crippen LogP contribution in [-0.2, 0) is 6.54 Å². The summed E-state index contributed by atoms with van der Waals surface area (Å²) in [6.07, 6.45) is 0. The van der Waals surface area contributed by atoms with Crippen LogP contribution in [0.4, 0.5) is 4.39 Å². The zero-order valence-electron chi connectivity index (χ0n) is 8.20. The van der Waals surface area contributed by atoms with E-state index in [4.69, 9.17) is 0 Å². The van der Waals surface area contributed by atoms with Gasteiger partial charge in [0, 0.05) is 12.1 Å². The molecule has 0 unspecified atom stereocenters. The highest BCUT2D eigenvalue weighted by Gasteiger charge is 2.06. The molecule has 1 aromatic heterocycles. The lowest BCUT2D eigenvalue weighted by Gasteiger charge is -1.94. The molecule has 0 aliphatic heterocycles. The second kappa shape index (κ2) is 4.46. The Kier molecular flexibility index (Phi) is 3.03. The average Bonchev–Trinajstić information content (AvgIpc) is 2.67. The molecule has 0 aliphatic rings. The maximum Gasteiger partial charge on any atom is 0.147 e. The van der Waals surface area contributed by atoms with E-state index in [0.29, 0.717) is 6.54 Å². The van der Waals surface area contributed by atoms with E-state index < -0.39 is 0 Å². The van der Waals surface area contributed by atoms with Crippen LogP contribution in [-0.4, -0.2) is 17.2 Å². The van der Waals surface area contributed by atoms with Gasteiger partial charge in [-0.3, -0.25) is 0 Å². The van der Waals surface area contributed by atoms with Crippen molar-refractivity contribution in [1.29, 1.82) is 0 Å². The smallest absolute Gasteiger partial charge is 0.147 e. The molecule has 3 nitrogen and oxygen atoms in total. The molecule has 2 aromatic rings. The largest absolute Gasteiger partial charge is 0.313 e. The first-order chi connectivity index (χ1) is 7.29. The van der Waals surface area contributed by atoms with Gasteiger partial charge in [-0.15, -0.1) is 10.2 Å². The summed E-state index contributed by atoms with van der Waals surface area (Å²) in [5.74, 6) is -0.252. The Morgan fingerprint density at radius 3 is 3.00 bits per heavy atom. The van der Waals surface area contributed by atoms with Crippen LogP contribution in [0.15, 0.2) is 24.3 Å². The van der Waals surface area contributed by atoms with Crippen molar-refractivity contribution in [1.82, 2.24) is 15.5 Å². The highest BCUT2D eigenvalue weighted by atomic mass is 32.1. The molecular formula is C10H10FN3S. The molecule has 0 radical (unpaired) electrons. The molecule has 1 heterocycles. The van der Waals surface area contributed by atoms with Crippen LogP contribution in [0.1, 0.15) is 5.01 Å². The monoisotopic (exact) mass is 223 g/mol. The summed E-state index contributed by atoms with van der Waals surface area (Å²) in [4.78, 5) is 0. The van der Waals surface area contributed by atoms with Crippen molar-refractivity contribution in [2.45, 2.75) is 6.54 Å². The topological polar surface area (TPSA) is 37.8 Å². The second-order valence-electron chi connectivity index (χ2n) is 3.04. The second-order valence-corrected chi connectivity index (χ2v) is 4.10. The molecule has 5 heteroatoms. The summed E-state index contributed by atoms with van der Waals surface area (Å²) in [6, 6.07) is 6.37. The van der Waals surface area contributed by atoms with Crippen molar-refractivity contribution in [2.24, 2.45) is 0 Å². The van der Waals surface area contributed by atoms with Crippen LogP contribution < -0.4 is 5.32 Å². The maximum absolute atomic E-state index is 13.0. The SMILES string of the molecule is CNCc1nnc(-c2cccc(F)c2)s1. The van der Waals surface area contributed by atoms with Crippen molar-refractivity contribution in [3.63, 3.8) is 0 Å². The summed E-state index contributed by atoms with van der Waals surface area (Å²) in [5, 5.41) is 12.6. The summed E-state index contributed by atoms with van der Waals surface area (Å²) in [5.41, 5.74) is 0.773. The molecule has 0 saturated heterocycles. The summed E-state index contributed by atoms with van der Waals surface area (Å²) in [7, 11) is 1.85. The quantitative estimate of drug-likeness (QED) is 0.865. The number of hydrogen-bond acceptors (Lipinski definition) is 4. The number of rotatable bonds is 3. The van der Waals surface area contributed by atoms with Gasteiger partial charge >= 0.3 is 0 Å². The van der Waals surface area contributed by atoms with E-state index in [1.54, 1.807) is 6.07 Å². The molecule has 2 rings (SSSR count). The number of nitrogens with zero attached hydrogens (tertiary/aromatic N) is 2. The Labute approximate surface area is 91.0 Å². The zero-order valence-corrected chi connectivity index (χ0v) is 9.01. The molecule has 78 valence electrons. The van der Waals surface area contributed by atoms with Crippen LogP contribution in [0.3, 0.4) is 0 Å². The molecule has 1 aromatic carbocycles. The summed E-state index contributed by atoms with van der Waals surface area (Å²) >= 11 is 1.47. The van der Waals surface area contributed by atoms with Gasteiger partial charge in [0.15, 0.2) is 0 Å². The van der Waals surface area contributed by atoms with Gasteiger partial charge in [0.2, 0.25) is 0 Å². The number of hydrogen-bond donors (Lipinski definition) is 1. The van der Waals surface area contributed by atoms with Gasteiger partial charge in [0.1, 0.15) is 15.8 Å². The van der Waals surface area contributed by atoms with Gasteiger partial charge in [-0.2, -0.15) is 0 Å². The van der Waals surface area contributed by atoms with E-state index in [-0.39, 0.29) is 5.82 Å². The first-order valence-corrected chi connectivity index (χ1v) is 5.34. The van der Waals surface area contributed by atoms with Gasteiger partial charge in [-0.05, 0) is 19.2 Å². The van der Waals surface area contributed by atoms with E-state index in [2.05, 4.69) is 15.5 Å². The van der Waals surface area contributed by atoms with Gasteiger partial charge in [-0.25, -0.2) is 4.39 Å². The molecule has 15 heavy (non-hydrogen) atoms. The van der Waals surface area contributed by atoms with Crippen LogP contribution in [0.25, 0.3) is 10.6 Å². The molecule has 0 atom stereocenters. The number of nitrogens with one attached hydrogen (secondary N) is 1. The fraction of sp³-hybridized carbons (Fsp3) is 0.200. The molecule has 0 bridgehead atoms. The van der Waals surface area contributed by atoms with Crippen LogP contribution in [0.5, 0.6) is 0 Å². The third kappa shape index (κ3) is 2.37. The van der Waals surface area contributed by atoms with Gasteiger partial charge in [0.25, 0.3) is 0 Å². The van der Waals surface area contributed by atoms with E-state index >= 15 is 0 Å². The van der Waals surface area contributed by atoms with E-state index in [9.17, 15) is 4.39 Å². The van der Waals surface area contributed by atoms with Gasteiger partial charge in [0.05, 0.1) is 0 Å². The minimum absolute atomic E-state index is 0.252. The zero-order chi connectivity index (χ0) is 10.7. The molecule has 0 fully saturated rings. The van der Waals surface area contributed by atoms with Crippen LogP contribution in [0, 0.1) is 5.82 Å². The summed E-state index contributed by atoms with van der Waals surface area (Å²) < 4.78 is 13.0. The predicted octanol–water partition coefficient (Wildman–Crippen LogP) is 2.06. The predicted molar refractivity (Wildman–Crippen MR) is 58.1 cm³/mol. The third-order valence-corrected chi connectivity index (χ3v) is 2.84. The lowest BCUT2D eigenvalue weighted by molar-refractivity contribution is 0.628. The third-order valence-electron chi connectivity index (χ3n) is 1.87. The van der Waals surface area contributed by atoms with Crippen molar-refractivity contribution in [3.05, 3.63) is 35.1 Å². The molecule has 0 spiro atoms. The molecule has 0 saturated carbocycles. The Bertz CT molecular complexity index is 455. The molecule has 1 N–H and O–H groups in total. The minimum atomic E-state index is -0.252. The summed E-state index contributed by atoms with van der Waals surface area (Å²) in [6.45, 7) is 0.687. The lowest BCUT2D eigenvalue weighted by Crippen LogP contribution is -2.04. The maximum atomic E-state index is 13.0. The molecule has 0 aliphatic carbocycles. The van der Waals surface area contributed by atoms with E-state index in [1.807, 2.05) is 13.1 Å². The lowest BCUT2D eigenvalue weighted by atomic mass is 10.2. The Morgan fingerprint density at radius 1 is 1.40 bits per heavy atom. The minimum Gasteiger partial charge on any atom is -0.313 e. The van der Waals surface area contributed by atoms with Gasteiger partial charge in [-0.1, -0.05) is 23.5 Å². The number of halogens is 1. The standard InChI is InChI=1S/C10H10FN3S/c1-12-6-9-13-14-10(15-9)7-3-2-4-8(11)5-7/h2-5,12H,6H2,1H3. The normalized spacial score (nSPS) is 10.5. The molecular weight excluding hydrogens is 213 g/mol. The number of benzene rings is 1. The average molecular weight is 223 g/mol. The van der Waals surface area contributed by atoms with Crippen LogP contribution >= 0.6 is 11.3 Å². The van der Waals surface area contributed by atoms with Gasteiger partial charge < -0.3 is 5.32 Å². The van der Waals surface area contributed by atoms with Crippen molar-refractivity contribution in [3.8, 4) is 10.6 Å². The fourth-order valence-corrected chi connectivity index (χ4v) is 2.06. The highest BCUT2D eigenvalue weighted by molar-refractivity contribution is 7.14. The van der Waals surface area contributed by atoms with Crippen LogP contribution in [0.2, 0.25) is 0 Å². The van der Waals surface area contributed by atoms with Crippen molar-refractivity contribution in [2.75, 3.05) is 7.05 Å². The first-order valence-electron chi connectivity index (χ1n) is 4.52. The van der Waals surface area contributed by atoms with E-state index in [0.717, 1.165) is 15.6 Å². The highest BCUT2D eigenvalue weighted by Crippen LogP contribution is 2.23. The first kappa shape index (κ1) is 10.2. The van der Waals surface area contributed by atoms with Crippen molar-refractivity contribution >= 4 is 11.3 Å². The Morgan fingerprint density at radius 2 is 2.27 bits per heavy atom. The number of aromatic nitrogens is 2. The Balaban J connectivity index is 2.29.